The highest BCUT2D eigenvalue weighted by Gasteiger charge is 2.41. The van der Waals surface area contributed by atoms with E-state index in [1.165, 1.54) is 0 Å². The number of rotatable bonds is 10. The highest BCUT2D eigenvalue weighted by molar-refractivity contribution is 6.03. The molecule has 6 nitrogen and oxygen atoms in total. The monoisotopic (exact) mass is 288 g/mol. The van der Waals surface area contributed by atoms with Crippen molar-refractivity contribution in [2.24, 2.45) is 5.92 Å². The molecule has 0 aromatic heterocycles. The summed E-state index contributed by atoms with van der Waals surface area (Å²) >= 11 is 0. The summed E-state index contributed by atoms with van der Waals surface area (Å²) < 4.78 is 15.0. The topological polar surface area (TPSA) is 78.9 Å². The second-order valence-electron chi connectivity index (χ2n) is 4.07. The Hall–Kier alpha value is -1.43. The molecular weight excluding hydrogens is 264 g/mol. The van der Waals surface area contributed by atoms with E-state index >= 15 is 0 Å². The lowest BCUT2D eigenvalue weighted by Gasteiger charge is -2.22. The molecule has 0 aliphatic rings. The van der Waals surface area contributed by atoms with Crippen LogP contribution in [0.15, 0.2) is 0 Å². The van der Waals surface area contributed by atoms with Crippen molar-refractivity contribution in [2.45, 2.75) is 46.6 Å². The van der Waals surface area contributed by atoms with Gasteiger partial charge in [0.25, 0.3) is 0 Å². The van der Waals surface area contributed by atoms with Crippen LogP contribution in [0.25, 0.3) is 0 Å². The van der Waals surface area contributed by atoms with Gasteiger partial charge in [0.05, 0.1) is 13.2 Å². The van der Waals surface area contributed by atoms with Gasteiger partial charge in [-0.05, 0) is 27.2 Å². The maximum absolute atomic E-state index is 12.1. The van der Waals surface area contributed by atoms with Crippen molar-refractivity contribution >= 4 is 17.7 Å². The van der Waals surface area contributed by atoms with Gasteiger partial charge in [-0.2, -0.15) is 0 Å². The van der Waals surface area contributed by atoms with Crippen LogP contribution in [-0.4, -0.2) is 43.6 Å². The lowest BCUT2D eigenvalue weighted by Crippen LogP contribution is -2.43. The van der Waals surface area contributed by atoms with E-state index in [2.05, 4.69) is 0 Å². The number of hydrogen-bond acceptors (Lipinski definition) is 6. The average Bonchev–Trinajstić information content (AvgIpc) is 2.39. The molecule has 0 aromatic rings. The van der Waals surface area contributed by atoms with E-state index in [-0.39, 0.29) is 32.0 Å². The van der Waals surface area contributed by atoms with E-state index < -0.39 is 24.0 Å². The van der Waals surface area contributed by atoms with Gasteiger partial charge < -0.3 is 14.2 Å². The van der Waals surface area contributed by atoms with E-state index in [4.69, 9.17) is 14.2 Å². The van der Waals surface area contributed by atoms with Crippen molar-refractivity contribution in [3.8, 4) is 0 Å². The van der Waals surface area contributed by atoms with E-state index in [9.17, 15) is 14.4 Å². The Bertz CT molecular complexity index is 308. The third-order valence-electron chi connectivity index (χ3n) is 2.55. The number of esters is 2. The van der Waals surface area contributed by atoms with Gasteiger partial charge in [-0.25, -0.2) is 4.79 Å². The summed E-state index contributed by atoms with van der Waals surface area (Å²) in [5, 5.41) is 0. The fourth-order valence-electron chi connectivity index (χ4n) is 1.76. The van der Waals surface area contributed by atoms with E-state index in [1.807, 2.05) is 6.92 Å². The van der Waals surface area contributed by atoms with Gasteiger partial charge in [0.1, 0.15) is 5.78 Å². The molecule has 20 heavy (non-hydrogen) atoms. The van der Waals surface area contributed by atoms with Gasteiger partial charge in [0.2, 0.25) is 0 Å². The van der Waals surface area contributed by atoms with Crippen molar-refractivity contribution in [3.63, 3.8) is 0 Å². The van der Waals surface area contributed by atoms with Gasteiger partial charge in [-0.15, -0.1) is 0 Å². The molecule has 0 aliphatic heterocycles. The van der Waals surface area contributed by atoms with Gasteiger partial charge in [-0.3, -0.25) is 9.59 Å². The van der Waals surface area contributed by atoms with Gasteiger partial charge in [-0.1, -0.05) is 6.92 Å². The maximum atomic E-state index is 12.1. The average molecular weight is 288 g/mol. The normalized spacial score (nSPS) is 13.4. The number of hydrogen-bond donors (Lipinski definition) is 0. The summed E-state index contributed by atoms with van der Waals surface area (Å²) in [6.07, 6.45) is -0.471. The van der Waals surface area contributed by atoms with E-state index in [0.717, 1.165) is 0 Å². The number of carbonyl (C=O) groups excluding carboxylic acids is 3. The second kappa shape index (κ2) is 10.4. The minimum Gasteiger partial charge on any atom is -0.465 e. The summed E-state index contributed by atoms with van der Waals surface area (Å²) in [5.41, 5.74) is 0. The SMILES string of the molecule is CCCC(=O)C(C(=O)OCC)C(OCC)C(=O)OCC. The lowest BCUT2D eigenvalue weighted by molar-refractivity contribution is -0.172. The lowest BCUT2D eigenvalue weighted by atomic mass is 9.94. The third kappa shape index (κ3) is 5.69. The predicted octanol–water partition coefficient (Wildman–Crippen LogP) is 1.50. The van der Waals surface area contributed by atoms with Crippen molar-refractivity contribution in [3.05, 3.63) is 0 Å². The quantitative estimate of drug-likeness (QED) is 0.448. The van der Waals surface area contributed by atoms with E-state index in [0.29, 0.717) is 6.42 Å². The first-order valence-corrected chi connectivity index (χ1v) is 7.00. The van der Waals surface area contributed by atoms with Crippen LogP contribution < -0.4 is 0 Å². The number of Topliss-reactive ketones (excluding diaryl/α,β-unsaturated/α-hetero) is 1. The summed E-state index contributed by atoms with van der Waals surface area (Å²) in [7, 11) is 0. The van der Waals surface area contributed by atoms with Crippen molar-refractivity contribution in [2.75, 3.05) is 19.8 Å². The molecule has 0 rings (SSSR count). The van der Waals surface area contributed by atoms with Crippen LogP contribution in [0, 0.1) is 5.92 Å². The first-order valence-electron chi connectivity index (χ1n) is 7.00. The fraction of sp³-hybridized carbons (Fsp3) is 0.786. The number of ketones is 1. The van der Waals surface area contributed by atoms with Gasteiger partial charge >= 0.3 is 11.9 Å². The van der Waals surface area contributed by atoms with Gasteiger partial charge in [0, 0.05) is 13.0 Å². The molecule has 0 aliphatic carbocycles. The molecule has 0 amide bonds. The highest BCUT2D eigenvalue weighted by atomic mass is 16.6. The largest absolute Gasteiger partial charge is 0.465 e. The molecular formula is C14H24O6. The molecule has 0 radical (unpaired) electrons. The Morgan fingerprint density at radius 2 is 1.40 bits per heavy atom. The zero-order chi connectivity index (χ0) is 15.5. The van der Waals surface area contributed by atoms with Crippen LogP contribution >= 0.6 is 0 Å². The van der Waals surface area contributed by atoms with E-state index in [1.54, 1.807) is 20.8 Å². The number of ether oxygens (including phenoxy) is 3. The predicted molar refractivity (Wildman–Crippen MR) is 72.1 cm³/mol. The van der Waals surface area contributed by atoms with Crippen LogP contribution in [0.5, 0.6) is 0 Å². The fourth-order valence-corrected chi connectivity index (χ4v) is 1.76. The number of carbonyl (C=O) groups is 3. The van der Waals surface area contributed by atoms with Gasteiger partial charge in [0.15, 0.2) is 12.0 Å². The van der Waals surface area contributed by atoms with Crippen molar-refractivity contribution in [1.82, 2.24) is 0 Å². The third-order valence-corrected chi connectivity index (χ3v) is 2.55. The smallest absolute Gasteiger partial charge is 0.336 e. The van der Waals surface area contributed by atoms with Crippen molar-refractivity contribution < 1.29 is 28.6 Å². The summed E-state index contributed by atoms with van der Waals surface area (Å²) in [4.78, 5) is 35.9. The maximum Gasteiger partial charge on any atom is 0.336 e. The molecule has 0 heterocycles. The molecule has 2 unspecified atom stereocenters. The Labute approximate surface area is 119 Å². The Morgan fingerprint density at radius 3 is 1.85 bits per heavy atom. The highest BCUT2D eigenvalue weighted by Crippen LogP contribution is 2.17. The first-order chi connectivity index (χ1) is 9.53. The van der Waals surface area contributed by atoms with Crippen LogP contribution in [-0.2, 0) is 28.6 Å². The molecule has 0 saturated heterocycles. The molecule has 0 N–H and O–H groups in total. The summed E-state index contributed by atoms with van der Waals surface area (Å²) in [6.45, 7) is 7.27. The molecule has 6 heteroatoms. The zero-order valence-electron chi connectivity index (χ0n) is 12.6. The standard InChI is InChI=1S/C14H24O6/c1-5-9-10(15)11(13(16)19-7-3)12(18-6-2)14(17)20-8-4/h11-12H,5-9H2,1-4H3. The first kappa shape index (κ1) is 18.6. The molecule has 0 bridgehead atoms. The van der Waals surface area contributed by atoms with Crippen LogP contribution in [0.2, 0.25) is 0 Å². The zero-order valence-corrected chi connectivity index (χ0v) is 12.6. The molecule has 116 valence electrons. The minimum atomic E-state index is -1.26. The molecule has 0 saturated carbocycles. The van der Waals surface area contributed by atoms with Crippen LogP contribution in [0.1, 0.15) is 40.5 Å². The summed E-state index contributed by atoms with van der Waals surface area (Å²) in [6, 6.07) is 0. The molecule has 2 atom stereocenters. The Balaban J connectivity index is 5.22. The van der Waals surface area contributed by atoms with Crippen molar-refractivity contribution in [1.29, 1.82) is 0 Å². The molecule has 0 spiro atoms. The molecule has 0 fully saturated rings. The minimum absolute atomic E-state index is 0.135. The molecule has 0 aromatic carbocycles. The Morgan fingerprint density at radius 1 is 0.850 bits per heavy atom. The van der Waals surface area contributed by atoms with Crippen LogP contribution in [0.4, 0.5) is 0 Å². The Kier molecular flexibility index (Phi) is 9.63. The van der Waals surface area contributed by atoms with Crippen LogP contribution in [0.3, 0.4) is 0 Å². The summed E-state index contributed by atoms with van der Waals surface area (Å²) in [5.74, 6) is -3.07. The second-order valence-corrected chi connectivity index (χ2v) is 4.07.